The van der Waals surface area contributed by atoms with Gasteiger partial charge < -0.3 is 85.2 Å². The van der Waals surface area contributed by atoms with Gasteiger partial charge in [0.1, 0.15) is 74.7 Å². The van der Waals surface area contributed by atoms with Gasteiger partial charge in [-0.1, -0.05) is 12.5 Å². The minimum atomic E-state index is -0.587. The number of nitrogens with two attached hydrogens (primary N) is 3. The first kappa shape index (κ1) is 132. The maximum Gasteiger partial charge on any atom is 0.410 e. The summed E-state index contributed by atoms with van der Waals surface area (Å²) in [6.07, 6.45) is 11.2. The Bertz CT molecular complexity index is 5440. The minimum Gasteiger partial charge on any atom is -0.495 e. The van der Waals surface area contributed by atoms with Crippen LogP contribution in [0.15, 0.2) is 66.7 Å². The van der Waals surface area contributed by atoms with E-state index >= 15 is 0 Å². The number of carbonyl (C=O) groups excluding carboxylic acids is 14. The number of nitriles is 7. The fourth-order valence-electron chi connectivity index (χ4n) is 13.6. The lowest BCUT2D eigenvalue weighted by Gasteiger charge is -2.29. The lowest BCUT2D eigenvalue weighted by atomic mass is 10.1. The summed E-state index contributed by atoms with van der Waals surface area (Å²) in [6, 6.07) is 29.3. The number of carbonyl (C=O) groups is 4. The molecule has 0 spiro atoms. The third-order valence-corrected chi connectivity index (χ3v) is 18.7. The van der Waals surface area contributed by atoms with Crippen molar-refractivity contribution in [3.05, 3.63) is 143 Å². The number of likely N-dealkylation sites (tertiary alicyclic amines) is 4. The molecule has 4 aliphatic rings. The third kappa shape index (κ3) is 53.6. The molecule has 4 aliphatic heterocycles. The molecule has 4 atom stereocenters. The van der Waals surface area contributed by atoms with Crippen LogP contribution in [0.1, 0.15) is 222 Å². The van der Waals surface area contributed by atoms with Crippen molar-refractivity contribution in [2.45, 2.75) is 241 Å². The molecule has 6 aromatic rings. The summed E-state index contributed by atoms with van der Waals surface area (Å²) in [4.78, 5) is 164. The molecule has 0 aliphatic carbocycles. The summed E-state index contributed by atoms with van der Waals surface area (Å²) in [6.45, 7) is 39.6. The smallest absolute Gasteiger partial charge is 0.410 e. The van der Waals surface area contributed by atoms with Crippen LogP contribution in [0.4, 0.5) is 53.6 Å². The van der Waals surface area contributed by atoms with E-state index < -0.39 is 38.3 Å². The molecule has 8 N–H and O–H groups in total. The monoisotopic (exact) mass is 2040 g/mol. The van der Waals surface area contributed by atoms with Crippen molar-refractivity contribution in [2.75, 3.05) is 103 Å². The van der Waals surface area contributed by atoms with Crippen LogP contribution in [-0.4, -0.2) is 215 Å². The fraction of sp³-hybridized carbons (Fsp3) is 0.510. The summed E-state index contributed by atoms with van der Waals surface area (Å²) in [5.74, 6) is 1.03. The van der Waals surface area contributed by atoms with Gasteiger partial charge in [0, 0.05) is 119 Å². The molecule has 1 aromatic heterocycles. The van der Waals surface area contributed by atoms with Crippen LogP contribution in [-0.2, 0) is 71.6 Å². The highest BCUT2D eigenvalue weighted by atomic mass is 79.9. The highest BCUT2D eigenvalue weighted by Crippen LogP contribution is 2.36. The highest BCUT2D eigenvalue weighted by molar-refractivity contribution is 9.12. The topological polar surface area (TPSA) is 689 Å². The van der Waals surface area contributed by atoms with Gasteiger partial charge >= 0.3 is 60.8 Å². The van der Waals surface area contributed by atoms with Crippen molar-refractivity contribution >= 4 is 116 Å². The van der Waals surface area contributed by atoms with Crippen LogP contribution < -0.4 is 37.3 Å². The van der Waals surface area contributed by atoms with Crippen molar-refractivity contribution < 1.29 is 110 Å². The van der Waals surface area contributed by atoms with Gasteiger partial charge in [-0.2, -0.15) is 79.5 Å². The number of rotatable bonds is 9. The maximum absolute atomic E-state index is 12.6. The third-order valence-electron chi connectivity index (χ3n) is 18.7. The van der Waals surface area contributed by atoms with E-state index in [4.69, 9.17) is 115 Å². The van der Waals surface area contributed by atoms with E-state index in [0.29, 0.717) is 96.7 Å². The van der Waals surface area contributed by atoms with Gasteiger partial charge in [-0.05, 0) is 265 Å². The van der Waals surface area contributed by atoms with Gasteiger partial charge in [-0.15, -0.1) is 0 Å². The van der Waals surface area contributed by atoms with Gasteiger partial charge in [0.2, 0.25) is 11.7 Å². The molecule has 10 rings (SSSR count). The van der Waals surface area contributed by atoms with Crippen LogP contribution in [0, 0.1) is 134 Å². The second-order valence-corrected chi connectivity index (χ2v) is 35.2. The minimum absolute atomic E-state index is 0.0168. The number of aryl methyl sites for hydroxylation is 5. The number of anilines is 4. The zero-order chi connectivity index (χ0) is 110. The van der Waals surface area contributed by atoms with Crippen LogP contribution in [0.2, 0.25) is 0 Å². The quantitative estimate of drug-likeness (QED) is 0.0388. The molecular weight excluding hydrogens is 1910 g/mol. The number of ether oxygens (including phenoxy) is 7. The van der Waals surface area contributed by atoms with Crippen LogP contribution in [0.3, 0.4) is 0 Å². The Morgan fingerprint density at radius 1 is 0.444 bits per heavy atom. The lowest BCUT2D eigenvalue weighted by molar-refractivity contribution is -0.385. The SMILES string of the molecule is C#N.CC(C)(C)OC(=O)N1CCCCC(N)C1.COC.COc1c(C#N)cc(C)cc1[N+](=O)[O-].COc1ccc(C)cc1C#N.Cc1cc(C#N)c(NC2CCCCN(C(=O)OC(C)(C)C)C2)c([N+](=O)[O-])c1.Cc1cc(C#N)c2c(c1)nc(N)n2C1CCCCN(C(=O)OC(C)(C)C)C1.Cc1cc(N)c(NC2CCCCN(C(=O)OC(C)(C)C)C2)c(C#N)c1.N#CBr.O=C=O.O=C=O.O=C=O.O=C=O.O=C=O. The molecule has 0 bridgehead atoms. The van der Waals surface area contributed by atoms with E-state index in [1.165, 1.54) is 19.2 Å². The van der Waals surface area contributed by atoms with Gasteiger partial charge in [0.15, 0.2) is 0 Å². The predicted octanol–water partition coefficient (Wildman–Crippen LogP) is 15.1. The van der Waals surface area contributed by atoms with Gasteiger partial charge in [0.05, 0.1) is 74.8 Å². The number of nitrogens with one attached hydrogen (secondary N) is 2. The van der Waals surface area contributed by atoms with E-state index in [9.17, 15) is 55.2 Å². The molecule has 46 heteroatoms. The van der Waals surface area contributed by atoms with E-state index in [1.807, 2.05) is 151 Å². The number of hydrogen-bond acceptors (Lipinski definition) is 38. The summed E-state index contributed by atoms with van der Waals surface area (Å²) in [5.41, 5.74) is 25.2. The first-order valence-electron chi connectivity index (χ1n) is 43.4. The van der Waals surface area contributed by atoms with E-state index in [-0.39, 0.29) is 107 Å². The number of benzene rings is 5. The predicted molar refractivity (Wildman–Crippen MR) is 516 cm³/mol. The number of hydrogen-bond donors (Lipinski definition) is 5. The zero-order valence-electron chi connectivity index (χ0n) is 83.9. The Morgan fingerprint density at radius 2 is 0.761 bits per heavy atom. The Balaban J connectivity index is -0.000000785. The first-order valence-corrected chi connectivity index (χ1v) is 44.2. The van der Waals surface area contributed by atoms with Crippen molar-refractivity contribution in [3.63, 3.8) is 0 Å². The molecule has 4 unspecified atom stereocenters. The number of aromatic nitrogens is 2. The fourth-order valence-corrected chi connectivity index (χ4v) is 13.6. The van der Waals surface area contributed by atoms with E-state index in [1.54, 1.807) is 84.0 Å². The molecule has 5 aromatic carbocycles. The number of nitrogens with zero attached hydrogens (tertiary/aromatic N) is 15. The lowest BCUT2D eigenvalue weighted by Crippen LogP contribution is -2.42. The highest BCUT2D eigenvalue weighted by Gasteiger charge is 2.34. The molecule has 5 heterocycles. The number of fused-ring (bicyclic) bond motifs is 1. The molecule has 0 radical (unpaired) electrons. The molecule has 45 nitrogen and oxygen atoms in total. The first-order chi connectivity index (χ1) is 66.6. The summed E-state index contributed by atoms with van der Waals surface area (Å²) < 4.78 is 37.8. The normalized spacial score (nSPS) is 14.6. The Kier molecular flexibility index (Phi) is 65.7. The average Bonchev–Trinajstić information content (AvgIpc) is 1.61. The molecule has 4 amide bonds. The number of nitro groups is 2. The molecule has 4 fully saturated rings. The Hall–Kier alpha value is -16.0. The van der Waals surface area contributed by atoms with E-state index in [2.05, 4.69) is 61.1 Å². The molecule has 142 heavy (non-hydrogen) atoms. The number of amides is 4. The van der Waals surface area contributed by atoms with Crippen LogP contribution >= 0.6 is 15.9 Å². The van der Waals surface area contributed by atoms with E-state index in [0.717, 1.165) is 111 Å². The molecule has 4 saturated heterocycles. The van der Waals surface area contributed by atoms with Crippen LogP contribution in [0.5, 0.6) is 11.5 Å². The number of nitrogen functional groups attached to an aromatic ring is 2. The number of imidazole rings is 1. The van der Waals surface area contributed by atoms with Crippen molar-refractivity contribution in [2.24, 2.45) is 5.73 Å². The number of nitro benzene ring substituents is 2. The summed E-state index contributed by atoms with van der Waals surface area (Å²) in [7, 11) is 6.12. The maximum atomic E-state index is 12.6. The molecule has 0 saturated carbocycles. The Morgan fingerprint density at radius 3 is 1.13 bits per heavy atom. The Labute approximate surface area is 834 Å². The number of methoxy groups -OCH3 is 3. The van der Waals surface area contributed by atoms with Crippen molar-refractivity contribution in [1.82, 2.24) is 29.2 Å². The van der Waals surface area contributed by atoms with Gasteiger partial charge in [-0.25, -0.2) is 29.4 Å². The standard InChI is InChI=1S/C20H27N5O2.C19H26N4O4.C19H28N4O2.C11H22N2O2.C9H8N2O3.C9H9NO.C2H6O.CBrN.CHN.5CO2/c1-13-9-14(11-21)17-16(10-13)23-18(22)25(17)15-7-5-6-8-24(12-15)19(26)27-20(2,3)4;1-13-9-14(11-20)17(16(10-13)23(25)26)21-15-7-5-6-8-22(12-15)18(24)27-19(2,3)4;1-13-9-14(11-20)17(16(21)10-13)22-15-7-5-6-8-23(12-15)18(24)25-19(2,3)4;1-11(2,3)15-10(14)13-7-5-4-6-9(12)8-13;1-6-3-7(5-10)9(14-2)8(4-6)11(12)13;1-7-3-4-9(11-2)8(5-7)6-10;1-3-2;2-1-3;1-2;5*2-1-3/h9-10,15H,5-8,12H2,1-4H3,(H2,22,23);9-10,15,21H,5-8,12H2,1-4H3;9-10,15,22H,5-8,12,21H2,1-4H3;9H,4-8,12H2,1-3H3;3-4H,1-2H3;3-5H,1-2H3;1-2H3;;1H;;;;;. The second kappa shape index (κ2) is 70.6. The molecule has 768 valence electrons. The van der Waals surface area contributed by atoms with Crippen molar-refractivity contribution in [3.8, 4) is 53.4 Å². The largest absolute Gasteiger partial charge is 0.495 e. The van der Waals surface area contributed by atoms with Crippen molar-refractivity contribution in [1.29, 1.82) is 36.8 Å². The summed E-state index contributed by atoms with van der Waals surface area (Å²) in [5, 5.41) is 88.1. The van der Waals surface area contributed by atoms with Gasteiger partial charge in [-0.3, -0.25) is 20.2 Å². The zero-order valence-corrected chi connectivity index (χ0v) is 85.5. The average molecular weight is 2040 g/mol. The number of halogens is 1. The van der Waals surface area contributed by atoms with Gasteiger partial charge in [0.25, 0.3) is 5.69 Å². The summed E-state index contributed by atoms with van der Waals surface area (Å²) >= 11 is 2.45. The second-order valence-electron chi connectivity index (χ2n) is 34.8. The van der Waals surface area contributed by atoms with Crippen LogP contribution in [0.25, 0.3) is 11.0 Å². The molecular formula is C96H127BrN20O25.